The van der Waals surface area contributed by atoms with Crippen LogP contribution in [-0.2, 0) is 4.79 Å². The molecule has 0 saturated heterocycles. The number of rotatable bonds is 3. The summed E-state index contributed by atoms with van der Waals surface area (Å²) in [5, 5.41) is 8.06. The first-order valence-electron chi connectivity index (χ1n) is 2.74. The highest BCUT2D eigenvalue weighted by Crippen LogP contribution is 2.24. The van der Waals surface area contributed by atoms with Crippen molar-refractivity contribution in [3.05, 3.63) is 0 Å². The molecule has 54 valence electrons. The average Bonchev–Trinajstić information content (AvgIpc) is 1.83. The fourth-order valence-electron chi connectivity index (χ4n) is 0.381. The van der Waals surface area contributed by atoms with Gasteiger partial charge in [0.05, 0.1) is 0 Å². The van der Waals surface area contributed by atoms with Crippen LogP contribution >= 0.6 is 7.92 Å². The molecule has 2 N–H and O–H groups in total. The smallest absolute Gasteiger partial charge is 0.243 e. The minimum absolute atomic E-state index is 0.0106. The van der Waals surface area contributed by atoms with Crippen LogP contribution in [0, 0.1) is 0 Å². The van der Waals surface area contributed by atoms with Gasteiger partial charge < -0.3 is 0 Å². The SMILES string of the molecule is CP(C)CCC(=O)NO. The van der Waals surface area contributed by atoms with Gasteiger partial charge in [-0.15, -0.1) is 7.92 Å². The van der Waals surface area contributed by atoms with Gasteiger partial charge in [-0.05, 0) is 19.5 Å². The second-order valence-electron chi connectivity index (χ2n) is 2.09. The van der Waals surface area contributed by atoms with Crippen molar-refractivity contribution in [2.24, 2.45) is 0 Å². The second-order valence-corrected chi connectivity index (χ2v) is 4.69. The predicted molar refractivity (Wildman–Crippen MR) is 38.2 cm³/mol. The van der Waals surface area contributed by atoms with Crippen LogP contribution in [0.25, 0.3) is 0 Å². The standard InChI is InChI=1S/C5H12NO2P/c1-9(2)4-3-5(7)6-8/h8H,3-4H2,1-2H3,(H,6,7). The number of hydrogen-bond donors (Lipinski definition) is 2. The molecule has 0 aromatic carbocycles. The van der Waals surface area contributed by atoms with Gasteiger partial charge in [0, 0.05) is 6.42 Å². The van der Waals surface area contributed by atoms with Crippen molar-refractivity contribution in [1.29, 1.82) is 0 Å². The first kappa shape index (κ1) is 8.86. The zero-order valence-corrected chi connectivity index (χ0v) is 6.61. The molecule has 0 bridgehead atoms. The minimum Gasteiger partial charge on any atom is -0.289 e. The van der Waals surface area contributed by atoms with Crippen LogP contribution in [0.5, 0.6) is 0 Å². The summed E-state index contributed by atoms with van der Waals surface area (Å²) < 4.78 is 0. The molecule has 9 heavy (non-hydrogen) atoms. The largest absolute Gasteiger partial charge is 0.289 e. The Balaban J connectivity index is 3.17. The van der Waals surface area contributed by atoms with Crippen LogP contribution in [0.4, 0.5) is 0 Å². The van der Waals surface area contributed by atoms with E-state index in [2.05, 4.69) is 13.3 Å². The van der Waals surface area contributed by atoms with E-state index in [0.717, 1.165) is 6.16 Å². The first-order chi connectivity index (χ1) is 4.16. The predicted octanol–water partition coefficient (Wildman–Crippen LogP) is 0.623. The van der Waals surface area contributed by atoms with Crippen LogP contribution in [0.15, 0.2) is 0 Å². The summed E-state index contributed by atoms with van der Waals surface area (Å²) in [7, 11) is -0.0106. The van der Waals surface area contributed by atoms with Crippen molar-refractivity contribution in [2.45, 2.75) is 6.42 Å². The Morgan fingerprint density at radius 1 is 1.67 bits per heavy atom. The highest BCUT2D eigenvalue weighted by molar-refractivity contribution is 7.56. The molecule has 0 fully saturated rings. The van der Waals surface area contributed by atoms with Crippen molar-refractivity contribution in [1.82, 2.24) is 5.48 Å². The van der Waals surface area contributed by atoms with Gasteiger partial charge in [0.1, 0.15) is 0 Å². The molecule has 0 atom stereocenters. The van der Waals surface area contributed by atoms with Crippen molar-refractivity contribution in [3.63, 3.8) is 0 Å². The normalized spacial score (nSPS) is 9.78. The van der Waals surface area contributed by atoms with Crippen LogP contribution in [-0.4, -0.2) is 30.6 Å². The average molecular weight is 149 g/mol. The van der Waals surface area contributed by atoms with E-state index >= 15 is 0 Å². The van der Waals surface area contributed by atoms with Crippen molar-refractivity contribution < 1.29 is 10.0 Å². The van der Waals surface area contributed by atoms with E-state index < -0.39 is 0 Å². The molecule has 0 aliphatic carbocycles. The van der Waals surface area contributed by atoms with E-state index in [1.54, 1.807) is 5.48 Å². The number of amides is 1. The van der Waals surface area contributed by atoms with Gasteiger partial charge in [0.2, 0.25) is 5.91 Å². The third kappa shape index (κ3) is 5.74. The van der Waals surface area contributed by atoms with Crippen molar-refractivity contribution in [2.75, 3.05) is 19.5 Å². The van der Waals surface area contributed by atoms with Crippen LogP contribution in [0.1, 0.15) is 6.42 Å². The van der Waals surface area contributed by atoms with E-state index in [4.69, 9.17) is 5.21 Å². The molecule has 0 rings (SSSR count). The van der Waals surface area contributed by atoms with E-state index in [0.29, 0.717) is 6.42 Å². The molecule has 3 nitrogen and oxygen atoms in total. The summed E-state index contributed by atoms with van der Waals surface area (Å²) in [4.78, 5) is 10.4. The van der Waals surface area contributed by atoms with E-state index in [9.17, 15) is 4.79 Å². The van der Waals surface area contributed by atoms with E-state index in [1.807, 2.05) is 0 Å². The lowest BCUT2D eigenvalue weighted by molar-refractivity contribution is -0.128. The lowest BCUT2D eigenvalue weighted by Gasteiger charge is -2.01. The number of carbonyl (C=O) groups excluding carboxylic acids is 1. The monoisotopic (exact) mass is 149 g/mol. The summed E-state index contributed by atoms with van der Waals surface area (Å²) in [6.07, 6.45) is 1.33. The Bertz CT molecular complexity index is 95.0. The molecule has 0 aromatic rings. The Kier molecular flexibility index (Phi) is 4.64. The molecule has 0 radical (unpaired) electrons. The summed E-state index contributed by atoms with van der Waals surface area (Å²) in [6.45, 7) is 4.19. The third-order valence-corrected chi connectivity index (χ3v) is 2.03. The maximum Gasteiger partial charge on any atom is 0.243 e. The molecule has 0 aliphatic rings. The number of carbonyl (C=O) groups is 1. The van der Waals surface area contributed by atoms with E-state index in [1.165, 1.54) is 0 Å². The molecule has 0 aliphatic heterocycles. The lowest BCUT2D eigenvalue weighted by Crippen LogP contribution is -2.18. The Morgan fingerprint density at radius 3 is 2.56 bits per heavy atom. The molecule has 0 heterocycles. The number of hydroxylamine groups is 1. The summed E-state index contributed by atoms with van der Waals surface area (Å²) in [5.74, 6) is -0.286. The molecule has 4 heteroatoms. The highest BCUT2D eigenvalue weighted by Gasteiger charge is 1.99. The second kappa shape index (κ2) is 4.71. The third-order valence-electron chi connectivity index (χ3n) is 0.911. The fourth-order valence-corrected chi connectivity index (χ4v) is 1.03. The molecular weight excluding hydrogens is 137 g/mol. The Hall–Kier alpha value is -0.140. The Labute approximate surface area is 56.2 Å². The summed E-state index contributed by atoms with van der Waals surface area (Å²) in [6, 6.07) is 0. The van der Waals surface area contributed by atoms with Gasteiger partial charge in [-0.2, -0.15) is 0 Å². The number of nitrogens with one attached hydrogen (secondary N) is 1. The molecule has 0 spiro atoms. The topological polar surface area (TPSA) is 49.3 Å². The van der Waals surface area contributed by atoms with Crippen molar-refractivity contribution >= 4 is 13.8 Å². The minimum atomic E-state index is -0.286. The Morgan fingerprint density at radius 2 is 2.22 bits per heavy atom. The molecule has 0 unspecified atom stereocenters. The van der Waals surface area contributed by atoms with Gasteiger partial charge in [0.25, 0.3) is 0 Å². The zero-order chi connectivity index (χ0) is 7.28. The molecule has 0 aromatic heterocycles. The van der Waals surface area contributed by atoms with Crippen molar-refractivity contribution in [3.8, 4) is 0 Å². The number of hydrogen-bond acceptors (Lipinski definition) is 2. The zero-order valence-electron chi connectivity index (χ0n) is 5.72. The maximum absolute atomic E-state index is 10.4. The first-order valence-corrected chi connectivity index (χ1v) is 5.16. The van der Waals surface area contributed by atoms with Crippen LogP contribution < -0.4 is 5.48 Å². The van der Waals surface area contributed by atoms with Crippen LogP contribution in [0.2, 0.25) is 0 Å². The summed E-state index contributed by atoms with van der Waals surface area (Å²) >= 11 is 0. The molecule has 1 amide bonds. The highest BCUT2D eigenvalue weighted by atomic mass is 31.1. The quantitative estimate of drug-likeness (QED) is 0.351. The lowest BCUT2D eigenvalue weighted by atomic mass is 10.5. The molecule has 0 saturated carbocycles. The van der Waals surface area contributed by atoms with Gasteiger partial charge in [-0.3, -0.25) is 10.0 Å². The van der Waals surface area contributed by atoms with Gasteiger partial charge >= 0.3 is 0 Å². The van der Waals surface area contributed by atoms with E-state index in [-0.39, 0.29) is 13.8 Å². The maximum atomic E-state index is 10.4. The van der Waals surface area contributed by atoms with Gasteiger partial charge in [-0.25, -0.2) is 5.48 Å². The van der Waals surface area contributed by atoms with Gasteiger partial charge in [-0.1, -0.05) is 0 Å². The fraction of sp³-hybridized carbons (Fsp3) is 0.800. The van der Waals surface area contributed by atoms with Crippen LogP contribution in [0.3, 0.4) is 0 Å². The summed E-state index contributed by atoms with van der Waals surface area (Å²) in [5.41, 5.74) is 1.59. The van der Waals surface area contributed by atoms with Gasteiger partial charge in [0.15, 0.2) is 0 Å². The molecular formula is C5H12NO2P.